The average Bonchev–Trinajstić information content (AvgIpc) is 2.78. The SMILES string of the molecule is CCN1CCc2nc3ccccc3c(C(=O)OC(C)C(=O)Nc3ccc(Cl)cn3)c2C1. The minimum absolute atomic E-state index is 0.336. The number of carbonyl (C=O) groups excluding carboxylic acids is 2. The lowest BCUT2D eigenvalue weighted by molar-refractivity contribution is -0.123. The Morgan fingerprint density at radius 2 is 2.06 bits per heavy atom. The molecule has 1 aromatic carbocycles. The van der Waals surface area contributed by atoms with Gasteiger partial charge in [0.1, 0.15) is 5.82 Å². The summed E-state index contributed by atoms with van der Waals surface area (Å²) in [7, 11) is 0. The topological polar surface area (TPSA) is 84.4 Å². The third-order valence-corrected chi connectivity index (χ3v) is 5.63. The summed E-state index contributed by atoms with van der Waals surface area (Å²) in [5.74, 6) is -0.660. The number of hydrogen-bond donors (Lipinski definition) is 1. The molecule has 7 nitrogen and oxygen atoms in total. The fraction of sp³-hybridized carbons (Fsp3) is 0.304. The molecule has 1 unspecified atom stereocenters. The number of carbonyl (C=O) groups is 2. The van der Waals surface area contributed by atoms with Crippen LogP contribution in [0.4, 0.5) is 5.82 Å². The molecular formula is C23H23ClN4O3. The highest BCUT2D eigenvalue weighted by atomic mass is 35.5. The molecule has 1 aliphatic heterocycles. The molecule has 160 valence electrons. The van der Waals surface area contributed by atoms with Crippen LogP contribution < -0.4 is 5.32 Å². The van der Waals surface area contributed by atoms with Gasteiger partial charge in [0.25, 0.3) is 5.91 Å². The van der Waals surface area contributed by atoms with E-state index in [1.165, 1.54) is 13.1 Å². The zero-order valence-corrected chi connectivity index (χ0v) is 18.1. The number of halogens is 1. The molecule has 2 aromatic heterocycles. The Bertz CT molecular complexity index is 1130. The van der Waals surface area contributed by atoms with Gasteiger partial charge in [0.2, 0.25) is 0 Å². The van der Waals surface area contributed by atoms with Crippen molar-refractivity contribution in [3.63, 3.8) is 0 Å². The van der Waals surface area contributed by atoms with Gasteiger partial charge < -0.3 is 10.1 Å². The van der Waals surface area contributed by atoms with E-state index >= 15 is 0 Å². The molecular weight excluding hydrogens is 416 g/mol. The van der Waals surface area contributed by atoms with Crippen molar-refractivity contribution >= 4 is 40.2 Å². The van der Waals surface area contributed by atoms with Crippen LogP contribution in [0.1, 0.15) is 35.5 Å². The lowest BCUT2D eigenvalue weighted by Crippen LogP contribution is -2.34. The van der Waals surface area contributed by atoms with Gasteiger partial charge in [-0.05, 0) is 31.7 Å². The van der Waals surface area contributed by atoms with Crippen molar-refractivity contribution in [1.29, 1.82) is 0 Å². The number of aromatic nitrogens is 2. The Balaban J connectivity index is 1.61. The van der Waals surface area contributed by atoms with E-state index < -0.39 is 18.0 Å². The molecule has 1 N–H and O–H groups in total. The Labute approximate surface area is 185 Å². The molecule has 3 aromatic rings. The van der Waals surface area contributed by atoms with Crippen molar-refractivity contribution < 1.29 is 14.3 Å². The van der Waals surface area contributed by atoms with Crippen LogP contribution in [0.5, 0.6) is 0 Å². The van der Waals surface area contributed by atoms with Gasteiger partial charge >= 0.3 is 5.97 Å². The minimum atomic E-state index is -1.00. The third kappa shape index (κ3) is 4.52. The highest BCUT2D eigenvalue weighted by molar-refractivity contribution is 6.30. The van der Waals surface area contributed by atoms with Gasteiger partial charge in [-0.1, -0.05) is 36.7 Å². The van der Waals surface area contributed by atoms with Crippen LogP contribution in [-0.2, 0) is 22.5 Å². The number of esters is 1. The molecule has 8 heteroatoms. The first-order chi connectivity index (χ1) is 15.0. The second-order valence-corrected chi connectivity index (χ2v) is 7.88. The number of nitrogens with one attached hydrogen (secondary N) is 1. The van der Waals surface area contributed by atoms with Crippen LogP contribution in [0.25, 0.3) is 10.9 Å². The first-order valence-electron chi connectivity index (χ1n) is 10.2. The number of likely N-dealkylation sites (N-methyl/N-ethyl adjacent to an activating group) is 1. The summed E-state index contributed by atoms with van der Waals surface area (Å²) in [6.07, 6.45) is 1.20. The number of amides is 1. The molecule has 31 heavy (non-hydrogen) atoms. The summed E-state index contributed by atoms with van der Waals surface area (Å²) in [6, 6.07) is 10.7. The number of benzene rings is 1. The number of fused-ring (bicyclic) bond motifs is 2. The van der Waals surface area contributed by atoms with E-state index in [9.17, 15) is 9.59 Å². The molecule has 0 spiro atoms. The number of pyridine rings is 2. The monoisotopic (exact) mass is 438 g/mol. The van der Waals surface area contributed by atoms with Crippen molar-refractivity contribution in [2.75, 3.05) is 18.4 Å². The predicted octanol–water partition coefficient (Wildman–Crippen LogP) is 3.85. The second kappa shape index (κ2) is 8.99. The molecule has 0 fully saturated rings. The van der Waals surface area contributed by atoms with E-state index in [0.29, 0.717) is 22.9 Å². The summed E-state index contributed by atoms with van der Waals surface area (Å²) in [5.41, 5.74) is 3.03. The fourth-order valence-electron chi connectivity index (χ4n) is 3.70. The number of nitrogens with zero attached hydrogens (tertiary/aromatic N) is 3. The third-order valence-electron chi connectivity index (χ3n) is 5.41. The molecule has 1 amide bonds. The minimum Gasteiger partial charge on any atom is -0.449 e. The van der Waals surface area contributed by atoms with E-state index in [2.05, 4.69) is 22.1 Å². The van der Waals surface area contributed by atoms with Gasteiger partial charge in [-0.15, -0.1) is 0 Å². The highest BCUT2D eigenvalue weighted by Crippen LogP contribution is 2.29. The van der Waals surface area contributed by atoms with Gasteiger partial charge in [0.15, 0.2) is 6.10 Å². The van der Waals surface area contributed by atoms with E-state index in [4.69, 9.17) is 21.3 Å². The number of ether oxygens (including phenoxy) is 1. The molecule has 0 saturated carbocycles. The Morgan fingerprint density at radius 3 is 2.81 bits per heavy atom. The van der Waals surface area contributed by atoms with Crippen LogP contribution in [0.15, 0.2) is 42.6 Å². The zero-order chi connectivity index (χ0) is 22.0. The summed E-state index contributed by atoms with van der Waals surface area (Å²) in [5, 5.41) is 3.83. The molecule has 1 atom stereocenters. The van der Waals surface area contributed by atoms with Crippen LogP contribution in [0, 0.1) is 0 Å². The quantitative estimate of drug-likeness (QED) is 0.609. The van der Waals surface area contributed by atoms with Crippen LogP contribution in [0.2, 0.25) is 5.02 Å². The van der Waals surface area contributed by atoms with Gasteiger partial charge in [-0.2, -0.15) is 0 Å². The largest absolute Gasteiger partial charge is 0.449 e. The van der Waals surface area contributed by atoms with Gasteiger partial charge in [-0.25, -0.2) is 9.78 Å². The van der Waals surface area contributed by atoms with Crippen LogP contribution in [-0.4, -0.2) is 45.9 Å². The summed E-state index contributed by atoms with van der Waals surface area (Å²) < 4.78 is 5.59. The van der Waals surface area contributed by atoms with Crippen molar-refractivity contribution in [2.45, 2.75) is 32.9 Å². The molecule has 4 rings (SSSR count). The molecule has 1 aliphatic rings. The van der Waals surface area contributed by atoms with Crippen LogP contribution in [0.3, 0.4) is 0 Å². The number of anilines is 1. The Kier molecular flexibility index (Phi) is 6.15. The zero-order valence-electron chi connectivity index (χ0n) is 17.4. The van der Waals surface area contributed by atoms with Gasteiger partial charge in [0.05, 0.1) is 16.1 Å². The maximum Gasteiger partial charge on any atom is 0.339 e. The Morgan fingerprint density at radius 1 is 1.26 bits per heavy atom. The number of hydrogen-bond acceptors (Lipinski definition) is 6. The van der Waals surface area contributed by atoms with Crippen molar-refractivity contribution in [3.05, 3.63) is 64.4 Å². The maximum atomic E-state index is 13.3. The van der Waals surface area contributed by atoms with E-state index in [1.807, 2.05) is 24.3 Å². The lowest BCUT2D eigenvalue weighted by atomic mass is 9.95. The molecule has 0 bridgehead atoms. The van der Waals surface area contributed by atoms with E-state index in [1.54, 1.807) is 12.1 Å². The predicted molar refractivity (Wildman–Crippen MR) is 119 cm³/mol. The Hall–Kier alpha value is -3.03. The van der Waals surface area contributed by atoms with Crippen molar-refractivity contribution in [3.8, 4) is 0 Å². The lowest BCUT2D eigenvalue weighted by Gasteiger charge is -2.29. The van der Waals surface area contributed by atoms with E-state index in [0.717, 1.165) is 41.7 Å². The van der Waals surface area contributed by atoms with Crippen LogP contribution >= 0.6 is 11.6 Å². The second-order valence-electron chi connectivity index (χ2n) is 7.45. The molecule has 3 heterocycles. The smallest absolute Gasteiger partial charge is 0.339 e. The van der Waals surface area contributed by atoms with E-state index in [-0.39, 0.29) is 0 Å². The summed E-state index contributed by atoms with van der Waals surface area (Å²) in [4.78, 5) is 36.9. The molecule has 0 saturated heterocycles. The fourth-order valence-corrected chi connectivity index (χ4v) is 3.81. The standard InChI is InChI=1S/C23H23ClN4O3/c1-3-28-11-10-19-17(13-28)21(16-6-4-5-7-18(16)26-19)23(30)31-14(2)22(29)27-20-9-8-15(24)12-25-20/h4-9,12,14H,3,10-11,13H2,1-2H3,(H,25,27,29). The molecule has 0 aliphatic carbocycles. The van der Waals surface area contributed by atoms with Crippen molar-refractivity contribution in [2.24, 2.45) is 0 Å². The van der Waals surface area contributed by atoms with Gasteiger partial charge in [0, 0.05) is 42.4 Å². The molecule has 0 radical (unpaired) electrons. The summed E-state index contributed by atoms with van der Waals surface area (Å²) >= 11 is 5.82. The van der Waals surface area contributed by atoms with Gasteiger partial charge in [-0.3, -0.25) is 14.7 Å². The maximum absolute atomic E-state index is 13.3. The first kappa shape index (κ1) is 21.2. The number of rotatable bonds is 5. The average molecular weight is 439 g/mol. The normalized spacial score (nSPS) is 14.7. The summed E-state index contributed by atoms with van der Waals surface area (Å²) in [6.45, 7) is 6.04. The van der Waals surface area contributed by atoms with Crippen molar-refractivity contribution in [1.82, 2.24) is 14.9 Å². The highest BCUT2D eigenvalue weighted by Gasteiger charge is 2.28. The first-order valence-corrected chi connectivity index (χ1v) is 10.6. The number of para-hydroxylation sites is 1.